The number of hydrogen-bond donors (Lipinski definition) is 4. The van der Waals surface area contributed by atoms with Crippen LogP contribution in [0.3, 0.4) is 0 Å². The fourth-order valence-electron chi connectivity index (χ4n) is 4.84. The molecular weight excluding hydrogens is 771 g/mol. The number of guanidine groups is 1. The van der Waals surface area contributed by atoms with E-state index in [1.165, 1.54) is 0 Å². The first-order chi connectivity index (χ1) is 25.7. The van der Waals surface area contributed by atoms with E-state index in [0.29, 0.717) is 51.5 Å². The van der Waals surface area contributed by atoms with Crippen LogP contribution in [0, 0.1) is 10.8 Å². The molecule has 19 heteroatoms. The van der Waals surface area contributed by atoms with Gasteiger partial charge in [0.2, 0.25) is 5.91 Å². The van der Waals surface area contributed by atoms with Crippen LogP contribution >= 0.6 is 25.7 Å². The van der Waals surface area contributed by atoms with Gasteiger partial charge in [-0.25, -0.2) is 0 Å². The highest BCUT2D eigenvalue weighted by Gasteiger charge is 2.41. The van der Waals surface area contributed by atoms with Gasteiger partial charge in [0.1, 0.15) is 26.4 Å². The summed E-state index contributed by atoms with van der Waals surface area (Å²) >= 11 is 0. The summed E-state index contributed by atoms with van der Waals surface area (Å²) in [5.74, 6) is -2.02. The van der Waals surface area contributed by atoms with E-state index < -0.39 is 51.0 Å². The lowest BCUT2D eigenvalue weighted by atomic mass is 9.91. The normalized spacial score (nSPS) is 14.3. The molecule has 0 aromatic heterocycles. The maximum Gasteiger partial charge on any atom is 0.315 e. The molecule has 0 fully saturated rings. The van der Waals surface area contributed by atoms with Crippen molar-refractivity contribution in [3.63, 3.8) is 0 Å². The first kappa shape index (κ1) is 53.0. The fourth-order valence-corrected chi connectivity index (χ4v) is 8.07. The number of nitrogens with one attached hydrogen (secondary N) is 1. The second-order valence-electron chi connectivity index (χ2n) is 15.0. The number of nitrogens with two attached hydrogens (primary N) is 3. The summed E-state index contributed by atoms with van der Waals surface area (Å²) in [6.07, 6.45) is 2.94. The zero-order chi connectivity index (χ0) is 42.1. The molecular formula is C36H70N5O11P3. The van der Waals surface area contributed by atoms with Gasteiger partial charge >= 0.3 is 17.9 Å². The smallest absolute Gasteiger partial charge is 0.315 e. The Labute approximate surface area is 333 Å². The summed E-state index contributed by atoms with van der Waals surface area (Å²) in [5.41, 5.74) is 14.2. The van der Waals surface area contributed by atoms with Crippen molar-refractivity contribution >= 4 is 61.3 Å². The number of amides is 1. The summed E-state index contributed by atoms with van der Waals surface area (Å²) in [6.45, 7) is 16.8. The minimum atomic E-state index is -1.29. The maximum atomic E-state index is 13.2. The van der Waals surface area contributed by atoms with Crippen molar-refractivity contribution < 1.29 is 52.4 Å². The Balaban J connectivity index is 5.35. The van der Waals surface area contributed by atoms with Crippen molar-refractivity contribution in [3.8, 4) is 0 Å². The van der Waals surface area contributed by atoms with Crippen molar-refractivity contribution in [1.82, 2.24) is 5.32 Å². The second kappa shape index (κ2) is 27.6. The highest BCUT2D eigenvalue weighted by atomic mass is 31.1. The second-order valence-corrected chi connectivity index (χ2v) is 20.6. The van der Waals surface area contributed by atoms with Crippen LogP contribution in [0.15, 0.2) is 4.99 Å². The van der Waals surface area contributed by atoms with Crippen molar-refractivity contribution in [2.75, 3.05) is 97.7 Å². The molecule has 0 bridgehead atoms. The Morgan fingerprint density at radius 2 is 1.24 bits per heavy atom. The fraction of sp³-hybridized carbons (Fsp3) is 0.833. The summed E-state index contributed by atoms with van der Waals surface area (Å²) in [5, 5.41) is 1.22. The van der Waals surface area contributed by atoms with Crippen LogP contribution in [0.1, 0.15) is 68.2 Å². The molecule has 0 heterocycles. The minimum absolute atomic E-state index is 0.0404. The molecule has 0 radical (unpaired) electrons. The standard InChI is InChI=1S/C36H70N5O11P3/c1-10-54-34(5,6)30(45)51-23-36(22-50-29(44)33(3,4)25-53-9,24-52-31(46)35(7,8)55-11-2)21-49-20-28(43)40-14-16-48-18-17-47-15-12-13-27(42)26(37)19-41-32(38)39/h26,53-55H,10-25,37H2,1-9H3,(H,40,43)(H4,38,39,41). The molecule has 4 atom stereocenters. The van der Waals surface area contributed by atoms with E-state index in [9.17, 15) is 24.0 Å². The number of Topliss-reactive ketones (excluding diaryl/α,β-unsaturated/α-hetero) is 1. The molecule has 0 aliphatic rings. The maximum absolute atomic E-state index is 13.2. The first-order valence-electron chi connectivity index (χ1n) is 18.7. The molecule has 0 rings (SSSR count). The zero-order valence-electron chi connectivity index (χ0n) is 34.6. The van der Waals surface area contributed by atoms with Gasteiger partial charge < -0.3 is 50.9 Å². The largest absolute Gasteiger partial charge is 0.464 e. The SMILES string of the molecule is CCPC(C)(C)C(=O)OCC(COCC(=O)NCCOCCOCCCC(=O)C(N)CN=C(N)N)(COC(=O)C(C)(C)CPC)COC(=O)C(C)(C)PCC. The van der Waals surface area contributed by atoms with Gasteiger partial charge in [-0.15, -0.1) is 25.7 Å². The van der Waals surface area contributed by atoms with Crippen molar-refractivity contribution in [2.45, 2.75) is 84.6 Å². The summed E-state index contributed by atoms with van der Waals surface area (Å²) in [7, 11) is 1.16. The highest BCUT2D eigenvalue weighted by molar-refractivity contribution is 7.41. The Kier molecular flexibility index (Phi) is 26.5. The molecule has 0 aliphatic carbocycles. The van der Waals surface area contributed by atoms with Gasteiger partial charge in [-0.3, -0.25) is 29.0 Å². The van der Waals surface area contributed by atoms with Crippen LogP contribution in [0.4, 0.5) is 0 Å². The Hall–Kier alpha value is -2.05. The van der Waals surface area contributed by atoms with Crippen LogP contribution in [0.2, 0.25) is 0 Å². The summed E-state index contributed by atoms with van der Waals surface area (Å²) < 4.78 is 34.3. The molecule has 55 heavy (non-hydrogen) atoms. The number of hydrogen-bond acceptors (Lipinski definition) is 13. The van der Waals surface area contributed by atoms with Crippen LogP contribution in [0.5, 0.6) is 0 Å². The number of ether oxygens (including phenoxy) is 6. The van der Waals surface area contributed by atoms with Crippen LogP contribution in [-0.4, -0.2) is 150 Å². The van der Waals surface area contributed by atoms with Gasteiger partial charge in [-0.2, -0.15) is 0 Å². The molecule has 0 aromatic carbocycles. The van der Waals surface area contributed by atoms with Gasteiger partial charge in [0.15, 0.2) is 11.7 Å². The number of aliphatic imine (C=N–C) groups is 1. The van der Waals surface area contributed by atoms with Crippen molar-refractivity contribution in [1.29, 1.82) is 0 Å². The van der Waals surface area contributed by atoms with Gasteiger partial charge in [0.25, 0.3) is 0 Å². The number of carbonyl (C=O) groups excluding carboxylic acids is 5. The summed E-state index contributed by atoms with van der Waals surface area (Å²) in [6, 6.07) is -0.762. The van der Waals surface area contributed by atoms with Crippen LogP contribution in [-0.2, 0) is 52.4 Å². The lowest BCUT2D eigenvalue weighted by molar-refractivity contribution is -0.173. The molecule has 0 spiro atoms. The highest BCUT2D eigenvalue weighted by Crippen LogP contribution is 2.35. The zero-order valence-corrected chi connectivity index (χ0v) is 37.6. The first-order valence-corrected chi connectivity index (χ1v) is 22.8. The average Bonchev–Trinajstić information content (AvgIpc) is 3.10. The third-order valence-electron chi connectivity index (χ3n) is 8.14. The lowest BCUT2D eigenvalue weighted by Crippen LogP contribution is -2.47. The topological polar surface area (TPSA) is 243 Å². The van der Waals surface area contributed by atoms with Crippen LogP contribution in [0.25, 0.3) is 0 Å². The van der Waals surface area contributed by atoms with E-state index in [2.05, 4.69) is 10.3 Å². The molecule has 7 N–H and O–H groups in total. The number of carbonyl (C=O) groups is 5. The monoisotopic (exact) mass is 841 g/mol. The molecule has 0 saturated heterocycles. The number of rotatable bonds is 32. The molecule has 320 valence electrons. The molecule has 0 aromatic rings. The van der Waals surface area contributed by atoms with E-state index in [4.69, 9.17) is 45.6 Å². The van der Waals surface area contributed by atoms with E-state index in [-0.39, 0.29) is 77.5 Å². The molecule has 0 aliphatic heterocycles. The Bertz CT molecular complexity index is 1130. The number of ketones is 1. The van der Waals surface area contributed by atoms with Crippen molar-refractivity contribution in [3.05, 3.63) is 0 Å². The quantitative estimate of drug-likeness (QED) is 0.0189. The molecule has 1 amide bonds. The van der Waals surface area contributed by atoms with E-state index in [1.807, 2.05) is 20.5 Å². The lowest BCUT2D eigenvalue weighted by Gasteiger charge is -2.35. The van der Waals surface area contributed by atoms with Gasteiger partial charge in [0.05, 0.1) is 60.2 Å². The Morgan fingerprint density at radius 1 is 0.727 bits per heavy atom. The third-order valence-corrected chi connectivity index (χ3v) is 12.3. The number of nitrogens with zero attached hydrogens (tertiary/aromatic N) is 1. The summed E-state index contributed by atoms with van der Waals surface area (Å²) in [4.78, 5) is 68.1. The van der Waals surface area contributed by atoms with E-state index in [0.717, 1.165) is 12.3 Å². The molecule has 4 unspecified atom stereocenters. The van der Waals surface area contributed by atoms with Crippen molar-refractivity contribution in [2.24, 2.45) is 33.0 Å². The third kappa shape index (κ3) is 23.1. The van der Waals surface area contributed by atoms with Gasteiger partial charge in [0, 0.05) is 19.6 Å². The van der Waals surface area contributed by atoms with Crippen LogP contribution < -0.4 is 22.5 Å². The average molecular weight is 842 g/mol. The van der Waals surface area contributed by atoms with Gasteiger partial charge in [-0.1, -0.05) is 13.8 Å². The van der Waals surface area contributed by atoms with E-state index >= 15 is 0 Å². The van der Waals surface area contributed by atoms with E-state index in [1.54, 1.807) is 41.5 Å². The number of esters is 3. The molecule has 16 nitrogen and oxygen atoms in total. The van der Waals surface area contributed by atoms with Gasteiger partial charge in [-0.05, 0) is 73.1 Å². The predicted octanol–water partition coefficient (Wildman–Crippen LogP) is 2.01. The predicted molar refractivity (Wildman–Crippen MR) is 222 cm³/mol. The minimum Gasteiger partial charge on any atom is -0.464 e. The molecule has 0 saturated carbocycles. The Morgan fingerprint density at radius 3 is 1.73 bits per heavy atom.